The Morgan fingerprint density at radius 3 is 3.00 bits per heavy atom. The summed E-state index contributed by atoms with van der Waals surface area (Å²) in [4.78, 5) is 14.3. The van der Waals surface area contributed by atoms with Crippen LogP contribution in [0.2, 0.25) is 0 Å². The van der Waals surface area contributed by atoms with E-state index in [1.54, 1.807) is 7.11 Å². The van der Waals surface area contributed by atoms with Crippen molar-refractivity contribution in [3.63, 3.8) is 0 Å². The van der Waals surface area contributed by atoms with Crippen molar-refractivity contribution in [2.45, 2.75) is 31.9 Å². The molecule has 5 heteroatoms. The predicted octanol–water partition coefficient (Wildman–Crippen LogP) is 1.58. The molecule has 1 saturated heterocycles. The van der Waals surface area contributed by atoms with Crippen molar-refractivity contribution in [3.8, 4) is 0 Å². The second kappa shape index (κ2) is 8.12. The third-order valence-corrected chi connectivity index (χ3v) is 3.95. The van der Waals surface area contributed by atoms with Crippen LogP contribution in [0.1, 0.15) is 24.8 Å². The number of anilines is 1. The summed E-state index contributed by atoms with van der Waals surface area (Å²) in [5, 5.41) is 2.94. The van der Waals surface area contributed by atoms with Crippen LogP contribution in [-0.2, 0) is 16.1 Å². The number of methoxy groups -OCH3 is 1. The van der Waals surface area contributed by atoms with Gasteiger partial charge in [-0.05, 0) is 31.0 Å². The van der Waals surface area contributed by atoms with Gasteiger partial charge < -0.3 is 20.7 Å². The maximum absolute atomic E-state index is 12.0. The first-order chi connectivity index (χ1) is 10.2. The van der Waals surface area contributed by atoms with E-state index >= 15 is 0 Å². The molecule has 116 valence electrons. The molecular formula is C16H25N3O2. The number of nitrogens with one attached hydrogen (secondary N) is 1. The van der Waals surface area contributed by atoms with Gasteiger partial charge in [0.25, 0.3) is 0 Å². The minimum Gasteiger partial charge on any atom is -0.380 e. The van der Waals surface area contributed by atoms with Gasteiger partial charge >= 0.3 is 0 Å². The number of rotatable bonds is 7. The summed E-state index contributed by atoms with van der Waals surface area (Å²) in [5.41, 5.74) is 7.46. The maximum atomic E-state index is 12.0. The lowest BCUT2D eigenvalue weighted by molar-refractivity contribution is -0.116. The molecule has 1 atom stereocenters. The summed E-state index contributed by atoms with van der Waals surface area (Å²) in [5.74, 6) is 0.0541. The zero-order chi connectivity index (χ0) is 15.1. The standard InChI is InChI=1S/C16H25N3O2/c1-21-14-8-10-19(12-14)9-4-7-16(20)18-15-6-3-2-5-13(15)11-17/h2-3,5-6,14H,4,7-12,17H2,1H3,(H,18,20). The lowest BCUT2D eigenvalue weighted by Gasteiger charge is -2.15. The fourth-order valence-corrected chi connectivity index (χ4v) is 2.69. The molecule has 1 unspecified atom stereocenters. The van der Waals surface area contributed by atoms with Crippen LogP contribution in [0.4, 0.5) is 5.69 Å². The summed E-state index contributed by atoms with van der Waals surface area (Å²) in [6.45, 7) is 3.43. The third kappa shape index (κ3) is 4.81. The van der Waals surface area contributed by atoms with Gasteiger partial charge in [-0.25, -0.2) is 0 Å². The summed E-state index contributed by atoms with van der Waals surface area (Å²) in [6, 6.07) is 7.66. The molecule has 0 aliphatic carbocycles. The number of carbonyl (C=O) groups is 1. The molecule has 1 aliphatic heterocycles. The average molecular weight is 291 g/mol. The number of hydrogen-bond donors (Lipinski definition) is 2. The SMILES string of the molecule is COC1CCN(CCCC(=O)Nc2ccccc2CN)C1. The highest BCUT2D eigenvalue weighted by Gasteiger charge is 2.21. The van der Waals surface area contributed by atoms with Gasteiger partial charge in [-0.3, -0.25) is 4.79 Å². The van der Waals surface area contributed by atoms with E-state index in [-0.39, 0.29) is 5.91 Å². The number of nitrogens with two attached hydrogens (primary N) is 1. The molecule has 0 radical (unpaired) electrons. The Labute approximate surface area is 126 Å². The topological polar surface area (TPSA) is 67.6 Å². The lowest BCUT2D eigenvalue weighted by Crippen LogP contribution is -2.25. The molecule has 0 spiro atoms. The Hall–Kier alpha value is -1.43. The lowest BCUT2D eigenvalue weighted by atomic mass is 10.1. The normalized spacial score (nSPS) is 18.9. The van der Waals surface area contributed by atoms with Crippen LogP contribution in [0.25, 0.3) is 0 Å². The highest BCUT2D eigenvalue weighted by Crippen LogP contribution is 2.15. The molecule has 21 heavy (non-hydrogen) atoms. The van der Waals surface area contributed by atoms with Crippen LogP contribution in [0.3, 0.4) is 0 Å². The van der Waals surface area contributed by atoms with Crippen molar-refractivity contribution in [3.05, 3.63) is 29.8 Å². The van der Waals surface area contributed by atoms with Crippen LogP contribution in [0.15, 0.2) is 24.3 Å². The van der Waals surface area contributed by atoms with Gasteiger partial charge in [0.15, 0.2) is 0 Å². The van der Waals surface area contributed by atoms with Crippen LogP contribution in [0, 0.1) is 0 Å². The van der Waals surface area contributed by atoms with E-state index < -0.39 is 0 Å². The summed E-state index contributed by atoms with van der Waals surface area (Å²) < 4.78 is 5.34. The predicted molar refractivity (Wildman–Crippen MR) is 84.1 cm³/mol. The monoisotopic (exact) mass is 291 g/mol. The first-order valence-electron chi connectivity index (χ1n) is 7.56. The number of amides is 1. The minimum absolute atomic E-state index is 0.0541. The van der Waals surface area contributed by atoms with Crippen molar-refractivity contribution in [1.82, 2.24) is 4.90 Å². The fraction of sp³-hybridized carbons (Fsp3) is 0.562. The second-order valence-corrected chi connectivity index (χ2v) is 5.46. The molecule has 1 amide bonds. The van der Waals surface area contributed by atoms with Crippen molar-refractivity contribution in [1.29, 1.82) is 0 Å². The fourth-order valence-electron chi connectivity index (χ4n) is 2.69. The van der Waals surface area contributed by atoms with Crippen LogP contribution in [0.5, 0.6) is 0 Å². The van der Waals surface area contributed by atoms with Gasteiger partial charge in [0.05, 0.1) is 6.10 Å². The van der Waals surface area contributed by atoms with E-state index in [4.69, 9.17) is 10.5 Å². The summed E-state index contributed by atoms with van der Waals surface area (Å²) in [7, 11) is 1.76. The number of carbonyl (C=O) groups excluding carboxylic acids is 1. The average Bonchev–Trinajstić information content (AvgIpc) is 2.96. The number of ether oxygens (including phenoxy) is 1. The largest absolute Gasteiger partial charge is 0.380 e. The third-order valence-electron chi connectivity index (χ3n) is 3.95. The van der Waals surface area contributed by atoms with Gasteiger partial charge in [0.2, 0.25) is 5.91 Å². The van der Waals surface area contributed by atoms with E-state index in [9.17, 15) is 4.79 Å². The van der Waals surface area contributed by atoms with Gasteiger partial charge in [-0.2, -0.15) is 0 Å². The van der Waals surface area contributed by atoms with E-state index in [0.29, 0.717) is 19.1 Å². The van der Waals surface area contributed by atoms with E-state index in [2.05, 4.69) is 10.2 Å². The summed E-state index contributed by atoms with van der Waals surface area (Å²) in [6.07, 6.45) is 2.85. The quantitative estimate of drug-likeness (QED) is 0.800. The summed E-state index contributed by atoms with van der Waals surface area (Å²) >= 11 is 0. The molecule has 0 aromatic heterocycles. The molecule has 0 bridgehead atoms. The molecule has 3 N–H and O–H groups in total. The Morgan fingerprint density at radius 1 is 1.48 bits per heavy atom. The Balaban J connectivity index is 1.70. The molecule has 0 saturated carbocycles. The first kappa shape index (κ1) is 15.9. The minimum atomic E-state index is 0.0541. The smallest absolute Gasteiger partial charge is 0.224 e. The van der Waals surface area contributed by atoms with Gasteiger partial charge in [-0.1, -0.05) is 18.2 Å². The number of nitrogens with zero attached hydrogens (tertiary/aromatic N) is 1. The second-order valence-electron chi connectivity index (χ2n) is 5.46. The molecular weight excluding hydrogens is 266 g/mol. The van der Waals surface area contributed by atoms with Crippen molar-refractivity contribution >= 4 is 11.6 Å². The molecule has 1 aromatic rings. The zero-order valence-electron chi connectivity index (χ0n) is 12.7. The van der Waals surface area contributed by atoms with Crippen LogP contribution >= 0.6 is 0 Å². The highest BCUT2D eigenvalue weighted by molar-refractivity contribution is 5.91. The first-order valence-corrected chi connectivity index (χ1v) is 7.56. The van der Waals surface area contributed by atoms with Gasteiger partial charge in [0, 0.05) is 38.9 Å². The Bertz CT molecular complexity index is 465. The molecule has 1 aromatic carbocycles. The van der Waals surface area contributed by atoms with E-state index in [0.717, 1.165) is 43.7 Å². The molecule has 1 aliphatic rings. The highest BCUT2D eigenvalue weighted by atomic mass is 16.5. The number of para-hydroxylation sites is 1. The molecule has 5 nitrogen and oxygen atoms in total. The Kier molecular flexibility index (Phi) is 6.17. The van der Waals surface area contributed by atoms with Gasteiger partial charge in [-0.15, -0.1) is 0 Å². The van der Waals surface area contributed by atoms with E-state index in [1.165, 1.54) is 0 Å². The van der Waals surface area contributed by atoms with Crippen molar-refractivity contribution in [2.75, 3.05) is 32.1 Å². The van der Waals surface area contributed by atoms with Crippen LogP contribution in [-0.4, -0.2) is 43.7 Å². The van der Waals surface area contributed by atoms with Crippen molar-refractivity contribution in [2.24, 2.45) is 5.73 Å². The van der Waals surface area contributed by atoms with Crippen molar-refractivity contribution < 1.29 is 9.53 Å². The van der Waals surface area contributed by atoms with Crippen LogP contribution < -0.4 is 11.1 Å². The number of hydrogen-bond acceptors (Lipinski definition) is 4. The Morgan fingerprint density at radius 2 is 2.29 bits per heavy atom. The number of likely N-dealkylation sites (tertiary alicyclic amines) is 1. The van der Waals surface area contributed by atoms with E-state index in [1.807, 2.05) is 24.3 Å². The molecule has 1 heterocycles. The maximum Gasteiger partial charge on any atom is 0.224 e. The molecule has 1 fully saturated rings. The molecule has 2 rings (SSSR count). The zero-order valence-corrected chi connectivity index (χ0v) is 12.7. The number of benzene rings is 1. The van der Waals surface area contributed by atoms with Gasteiger partial charge in [0.1, 0.15) is 0 Å².